The Balaban J connectivity index is 0.00000112. The molecule has 0 saturated carbocycles. The molecule has 7 nitrogen and oxygen atoms in total. The number of nitrogens with one attached hydrogen (secondary N) is 3. The summed E-state index contributed by atoms with van der Waals surface area (Å²) in [6, 6.07) is 0. The molecule has 0 saturated heterocycles. The van der Waals surface area contributed by atoms with Gasteiger partial charge in [-0.1, -0.05) is 0 Å². The second-order valence-corrected chi connectivity index (χ2v) is 2.81. The van der Waals surface area contributed by atoms with Gasteiger partial charge in [-0.25, -0.2) is 9.59 Å². The zero-order valence-electron chi connectivity index (χ0n) is 7.38. The predicted molar refractivity (Wildman–Crippen MR) is 56.6 cm³/mol. The number of nitrogens with zero attached hydrogens (tertiary/aromatic N) is 1. The van der Waals surface area contributed by atoms with Crippen molar-refractivity contribution >= 4 is 40.7 Å². The van der Waals surface area contributed by atoms with Gasteiger partial charge in [-0.3, -0.25) is 24.3 Å². The van der Waals surface area contributed by atoms with E-state index in [0.717, 1.165) is 4.57 Å². The third-order valence-corrected chi connectivity index (χ3v) is 1.98. The third kappa shape index (κ3) is 1.85. The van der Waals surface area contributed by atoms with Crippen LogP contribution in [0.15, 0.2) is 14.4 Å². The van der Waals surface area contributed by atoms with Crippen molar-refractivity contribution in [2.75, 3.05) is 0 Å². The summed E-state index contributed by atoms with van der Waals surface area (Å²) in [6.07, 6.45) is 0. The molecule has 0 fully saturated rings. The standard InChI is InChI=1S/C7H8N4O3.Na.H/c1-2-11-5(12)3-4(10-7(11)14)9-6(13)8-3;;/h2H2,1H3,(H,10,14)(H2,8,9,13);;. The van der Waals surface area contributed by atoms with Gasteiger partial charge in [0.2, 0.25) is 0 Å². The van der Waals surface area contributed by atoms with Crippen LogP contribution >= 0.6 is 0 Å². The van der Waals surface area contributed by atoms with Crippen LogP contribution in [0.25, 0.3) is 11.2 Å². The minimum absolute atomic E-state index is 0. The molecular formula is C7H9N4NaO3. The Kier molecular flexibility index (Phi) is 3.38. The first-order valence-electron chi connectivity index (χ1n) is 4.08. The number of fused-ring (bicyclic) bond motifs is 1. The Morgan fingerprint density at radius 2 is 1.80 bits per heavy atom. The maximum atomic E-state index is 11.5. The molecule has 3 N–H and O–H groups in total. The van der Waals surface area contributed by atoms with Crippen LogP contribution in [0.3, 0.4) is 0 Å². The molecule has 0 radical (unpaired) electrons. The molecule has 0 aliphatic heterocycles. The quantitative estimate of drug-likeness (QED) is 0.488. The Bertz CT molecular complexity index is 647. The number of rotatable bonds is 1. The summed E-state index contributed by atoms with van der Waals surface area (Å²) in [6.45, 7) is 1.94. The van der Waals surface area contributed by atoms with Gasteiger partial charge in [-0.2, -0.15) is 0 Å². The van der Waals surface area contributed by atoms with Crippen molar-refractivity contribution in [2.45, 2.75) is 13.5 Å². The summed E-state index contributed by atoms with van der Waals surface area (Å²) >= 11 is 0. The van der Waals surface area contributed by atoms with E-state index in [-0.39, 0.29) is 47.3 Å². The van der Waals surface area contributed by atoms with Crippen LogP contribution < -0.4 is 16.9 Å². The van der Waals surface area contributed by atoms with Crippen molar-refractivity contribution in [3.8, 4) is 0 Å². The fourth-order valence-electron chi connectivity index (χ4n) is 1.33. The molecule has 2 aromatic rings. The van der Waals surface area contributed by atoms with Crippen LogP contribution in [0.4, 0.5) is 0 Å². The normalized spacial score (nSPS) is 10.2. The minimum atomic E-state index is -0.528. The fourth-order valence-corrected chi connectivity index (χ4v) is 1.33. The topological polar surface area (TPSA) is 104 Å². The van der Waals surface area contributed by atoms with Crippen molar-refractivity contribution < 1.29 is 0 Å². The summed E-state index contributed by atoms with van der Waals surface area (Å²) in [5.74, 6) is 0. The number of H-pyrrole nitrogens is 3. The summed E-state index contributed by atoms with van der Waals surface area (Å²) in [5, 5.41) is 0. The van der Waals surface area contributed by atoms with Crippen LogP contribution in [-0.4, -0.2) is 49.1 Å². The summed E-state index contributed by atoms with van der Waals surface area (Å²) < 4.78 is 1.01. The van der Waals surface area contributed by atoms with Crippen molar-refractivity contribution in [3.63, 3.8) is 0 Å². The first-order valence-corrected chi connectivity index (χ1v) is 4.08. The van der Waals surface area contributed by atoms with E-state index in [1.54, 1.807) is 6.92 Å². The fraction of sp³-hybridized carbons (Fsp3) is 0.286. The predicted octanol–water partition coefficient (Wildman–Crippen LogP) is -1.92. The van der Waals surface area contributed by atoms with Gasteiger partial charge in [0.05, 0.1) is 0 Å². The molecule has 0 bridgehead atoms. The molecule has 0 atom stereocenters. The van der Waals surface area contributed by atoms with Crippen molar-refractivity contribution in [3.05, 3.63) is 31.3 Å². The zero-order valence-corrected chi connectivity index (χ0v) is 7.38. The number of hydrogen-bond donors (Lipinski definition) is 3. The van der Waals surface area contributed by atoms with Crippen LogP contribution in [0.2, 0.25) is 0 Å². The molecule has 0 spiro atoms. The van der Waals surface area contributed by atoms with Crippen LogP contribution in [0.5, 0.6) is 0 Å². The van der Waals surface area contributed by atoms with E-state index in [2.05, 4.69) is 15.0 Å². The number of aromatic nitrogens is 4. The molecule has 15 heavy (non-hydrogen) atoms. The van der Waals surface area contributed by atoms with Gasteiger partial charge in [0.25, 0.3) is 5.56 Å². The van der Waals surface area contributed by atoms with Gasteiger partial charge in [0.15, 0.2) is 5.52 Å². The molecule has 0 aliphatic rings. The average Bonchev–Trinajstić information content (AvgIpc) is 2.47. The molecule has 2 heterocycles. The molecule has 2 aromatic heterocycles. The summed E-state index contributed by atoms with van der Waals surface area (Å²) in [5.41, 5.74) is -1.31. The molecule has 2 rings (SSSR count). The monoisotopic (exact) mass is 220 g/mol. The van der Waals surface area contributed by atoms with E-state index in [1.807, 2.05) is 0 Å². The molecular weight excluding hydrogens is 211 g/mol. The Hall–Kier alpha value is -1.05. The van der Waals surface area contributed by atoms with Crippen molar-refractivity contribution in [1.82, 2.24) is 19.5 Å². The molecule has 0 amide bonds. The van der Waals surface area contributed by atoms with E-state index in [9.17, 15) is 14.4 Å². The Morgan fingerprint density at radius 1 is 1.13 bits per heavy atom. The Labute approximate surface area is 105 Å². The molecule has 0 aliphatic carbocycles. The van der Waals surface area contributed by atoms with Gasteiger partial charge >= 0.3 is 40.9 Å². The number of imidazole rings is 1. The van der Waals surface area contributed by atoms with Crippen molar-refractivity contribution in [1.29, 1.82) is 0 Å². The van der Waals surface area contributed by atoms with Gasteiger partial charge in [0.1, 0.15) is 5.65 Å². The molecule has 8 heteroatoms. The van der Waals surface area contributed by atoms with Crippen molar-refractivity contribution in [2.24, 2.45) is 0 Å². The van der Waals surface area contributed by atoms with Crippen LogP contribution in [0.1, 0.15) is 6.92 Å². The molecule has 0 aromatic carbocycles. The summed E-state index contributed by atoms with van der Waals surface area (Å²) in [4.78, 5) is 40.7. The average molecular weight is 220 g/mol. The van der Waals surface area contributed by atoms with Gasteiger partial charge < -0.3 is 0 Å². The van der Waals surface area contributed by atoms with Crippen LogP contribution in [-0.2, 0) is 6.54 Å². The van der Waals surface area contributed by atoms with E-state index in [1.165, 1.54) is 0 Å². The third-order valence-electron chi connectivity index (χ3n) is 1.98. The van der Waals surface area contributed by atoms with Gasteiger partial charge in [-0.15, -0.1) is 0 Å². The number of aromatic amines is 3. The first kappa shape index (κ1) is 12.0. The molecule has 76 valence electrons. The molecule has 0 unspecified atom stereocenters. The second kappa shape index (κ2) is 4.21. The summed E-state index contributed by atoms with van der Waals surface area (Å²) in [7, 11) is 0. The van der Waals surface area contributed by atoms with E-state index in [0.29, 0.717) is 0 Å². The maximum absolute atomic E-state index is 11.5. The zero-order chi connectivity index (χ0) is 10.3. The second-order valence-electron chi connectivity index (χ2n) is 2.81. The van der Waals surface area contributed by atoms with Gasteiger partial charge in [-0.05, 0) is 6.92 Å². The van der Waals surface area contributed by atoms with E-state index < -0.39 is 16.9 Å². The van der Waals surface area contributed by atoms with E-state index >= 15 is 0 Å². The number of hydrogen-bond acceptors (Lipinski definition) is 3. The van der Waals surface area contributed by atoms with E-state index in [4.69, 9.17) is 0 Å². The Morgan fingerprint density at radius 3 is 2.40 bits per heavy atom. The van der Waals surface area contributed by atoms with Crippen LogP contribution in [0, 0.1) is 0 Å². The SMILES string of the molecule is CCn1c(=O)[nH]c2[nH]c(=O)[nH]c2c1=O.[NaH]. The van der Waals surface area contributed by atoms with Gasteiger partial charge in [0, 0.05) is 6.54 Å². The first-order chi connectivity index (χ1) is 6.63.